The number of anilines is 1. The fourth-order valence-corrected chi connectivity index (χ4v) is 7.07. The fraction of sp³-hybridized carbons (Fsp3) is 0.444. The largest absolute Gasteiger partial charge is 0.481 e. The Balaban J connectivity index is 1.47. The second-order valence-corrected chi connectivity index (χ2v) is 11.8. The molecule has 0 bridgehead atoms. The number of rotatable bonds is 8. The first-order valence-corrected chi connectivity index (χ1v) is 13.8. The number of thioether (sulfide) groups is 2. The standard InChI is InChI=1S/C18H19N5O7S4/c1-10(31)23(11-3-2-4-19-5-11)13-14(24)22-7-18(16(25)26,8-32-15(13)22)9-33-17-21-20-12(30-17)6-34(27,28)29/h2-5,13,15H,6-9H2,1H3,(H,25,26)(H,27,28,29)/t13?,15-,18?/m1/s1. The predicted octanol–water partition coefficient (Wildman–Crippen LogP) is 1.15. The highest BCUT2D eigenvalue weighted by Gasteiger charge is 2.59. The number of pyridine rings is 1. The van der Waals surface area contributed by atoms with E-state index in [9.17, 15) is 23.1 Å². The molecule has 34 heavy (non-hydrogen) atoms. The molecule has 16 heteroatoms. The average molecular weight is 546 g/mol. The third-order valence-corrected chi connectivity index (χ3v) is 8.83. The summed E-state index contributed by atoms with van der Waals surface area (Å²) in [7, 11) is -4.34. The van der Waals surface area contributed by atoms with Crippen molar-refractivity contribution < 1.29 is 32.1 Å². The minimum absolute atomic E-state index is 0.00823. The zero-order chi connectivity index (χ0) is 24.7. The van der Waals surface area contributed by atoms with Crippen LogP contribution in [0.25, 0.3) is 0 Å². The highest BCUT2D eigenvalue weighted by Crippen LogP contribution is 2.46. The summed E-state index contributed by atoms with van der Waals surface area (Å²) in [6, 6.07) is 3.01. The van der Waals surface area contributed by atoms with E-state index in [1.54, 1.807) is 30.3 Å². The molecule has 0 aliphatic carbocycles. The van der Waals surface area contributed by atoms with Crippen LogP contribution in [-0.4, -0.2) is 84.5 Å². The first kappa shape index (κ1) is 24.8. The number of fused-ring (bicyclic) bond motifs is 1. The van der Waals surface area contributed by atoms with Crippen molar-refractivity contribution >= 4 is 68.4 Å². The molecule has 2 aliphatic heterocycles. The average Bonchev–Trinajstić information content (AvgIpc) is 3.21. The molecule has 2 aliphatic rings. The third kappa shape index (κ3) is 4.91. The summed E-state index contributed by atoms with van der Waals surface area (Å²) in [5.74, 6) is -2.20. The number of β-lactam (4-membered cyclic amide) rings is 1. The molecule has 2 fully saturated rings. The van der Waals surface area contributed by atoms with E-state index in [-0.39, 0.29) is 40.4 Å². The lowest BCUT2D eigenvalue weighted by Crippen LogP contribution is -2.74. The Morgan fingerprint density at radius 3 is 2.85 bits per heavy atom. The van der Waals surface area contributed by atoms with Crippen molar-refractivity contribution in [3.63, 3.8) is 0 Å². The summed E-state index contributed by atoms with van der Waals surface area (Å²) in [6.45, 7) is 1.72. The van der Waals surface area contributed by atoms with Crippen LogP contribution in [0.4, 0.5) is 5.69 Å². The molecule has 0 aromatic carbocycles. The lowest BCUT2D eigenvalue weighted by molar-refractivity contribution is -0.155. The second-order valence-electron chi connectivity index (χ2n) is 7.77. The number of hydrogen-bond acceptors (Lipinski definition) is 11. The van der Waals surface area contributed by atoms with Crippen molar-refractivity contribution in [1.29, 1.82) is 0 Å². The molecule has 4 rings (SSSR count). The molecule has 0 spiro atoms. The van der Waals surface area contributed by atoms with E-state index < -0.39 is 33.3 Å². The van der Waals surface area contributed by atoms with E-state index in [2.05, 4.69) is 15.2 Å². The number of aliphatic carboxylic acids is 1. The van der Waals surface area contributed by atoms with Crippen LogP contribution in [0.1, 0.15) is 12.8 Å². The number of carbonyl (C=O) groups excluding carboxylic acids is 1. The maximum absolute atomic E-state index is 13.1. The van der Waals surface area contributed by atoms with Gasteiger partial charge in [0, 0.05) is 24.2 Å². The van der Waals surface area contributed by atoms with Gasteiger partial charge in [-0.1, -0.05) is 24.0 Å². The normalized spacial score (nSPS) is 24.3. The predicted molar refractivity (Wildman–Crippen MR) is 127 cm³/mol. The van der Waals surface area contributed by atoms with Crippen molar-refractivity contribution in [2.45, 2.75) is 29.3 Å². The maximum atomic E-state index is 13.1. The second kappa shape index (κ2) is 9.41. The van der Waals surface area contributed by atoms with Gasteiger partial charge < -0.3 is 19.3 Å². The number of thiocarbonyl (C=S) groups is 1. The minimum Gasteiger partial charge on any atom is -0.481 e. The number of aromatic nitrogens is 3. The maximum Gasteiger partial charge on any atom is 0.313 e. The molecule has 2 saturated heterocycles. The molecule has 2 aromatic heterocycles. The quantitative estimate of drug-likeness (QED) is 0.210. The summed E-state index contributed by atoms with van der Waals surface area (Å²) in [5, 5.41) is 16.9. The molecule has 182 valence electrons. The summed E-state index contributed by atoms with van der Waals surface area (Å²) < 4.78 is 36.0. The molecule has 3 atom stereocenters. The van der Waals surface area contributed by atoms with Crippen molar-refractivity contribution in [1.82, 2.24) is 20.1 Å². The van der Waals surface area contributed by atoms with Crippen LogP contribution < -0.4 is 4.90 Å². The van der Waals surface area contributed by atoms with Crippen molar-refractivity contribution in [2.24, 2.45) is 5.41 Å². The third-order valence-electron chi connectivity index (χ3n) is 5.34. The van der Waals surface area contributed by atoms with E-state index in [4.69, 9.17) is 21.2 Å². The number of carboxylic acids is 1. The van der Waals surface area contributed by atoms with Gasteiger partial charge in [-0.3, -0.25) is 19.1 Å². The van der Waals surface area contributed by atoms with Gasteiger partial charge in [0.25, 0.3) is 15.3 Å². The Kier molecular flexibility index (Phi) is 6.87. The van der Waals surface area contributed by atoms with Gasteiger partial charge in [-0.05, 0) is 19.1 Å². The van der Waals surface area contributed by atoms with Crippen molar-refractivity contribution in [2.75, 3.05) is 23.0 Å². The molecule has 0 radical (unpaired) electrons. The number of amides is 1. The Hall–Kier alpha value is -2.27. The van der Waals surface area contributed by atoms with E-state index >= 15 is 0 Å². The molecule has 2 N–H and O–H groups in total. The number of nitrogens with zero attached hydrogens (tertiary/aromatic N) is 5. The van der Waals surface area contributed by atoms with Crippen LogP contribution in [0.5, 0.6) is 0 Å². The molecular weight excluding hydrogens is 526 g/mol. The van der Waals surface area contributed by atoms with Gasteiger partial charge >= 0.3 is 5.97 Å². The topological polar surface area (TPSA) is 167 Å². The van der Waals surface area contributed by atoms with Gasteiger partial charge in [0.05, 0.1) is 16.9 Å². The van der Waals surface area contributed by atoms with Crippen LogP contribution in [0.15, 0.2) is 34.2 Å². The van der Waals surface area contributed by atoms with E-state index in [1.165, 1.54) is 16.7 Å². The van der Waals surface area contributed by atoms with Crippen LogP contribution in [-0.2, 0) is 25.5 Å². The molecule has 12 nitrogen and oxygen atoms in total. The molecule has 0 saturated carbocycles. The van der Waals surface area contributed by atoms with Gasteiger partial charge in [0.2, 0.25) is 11.8 Å². The zero-order valence-electron chi connectivity index (χ0n) is 17.6. The molecule has 4 heterocycles. The Bertz CT molecular complexity index is 1220. The summed E-state index contributed by atoms with van der Waals surface area (Å²) in [4.78, 5) is 33.2. The Morgan fingerprint density at radius 2 is 2.24 bits per heavy atom. The minimum atomic E-state index is -4.34. The van der Waals surface area contributed by atoms with Gasteiger partial charge in [-0.2, -0.15) is 8.42 Å². The van der Waals surface area contributed by atoms with Gasteiger partial charge in [-0.25, -0.2) is 0 Å². The van der Waals surface area contributed by atoms with E-state index in [0.717, 1.165) is 11.8 Å². The summed E-state index contributed by atoms with van der Waals surface area (Å²) in [5.41, 5.74) is -0.591. The zero-order valence-corrected chi connectivity index (χ0v) is 20.9. The number of hydrogen-bond donors (Lipinski definition) is 2. The highest BCUT2D eigenvalue weighted by atomic mass is 32.2. The van der Waals surface area contributed by atoms with E-state index in [0.29, 0.717) is 10.7 Å². The van der Waals surface area contributed by atoms with Crippen molar-refractivity contribution in [3.05, 3.63) is 30.4 Å². The molecular formula is C18H19N5O7S4. The molecule has 2 aromatic rings. The first-order valence-electron chi connectivity index (χ1n) is 9.76. The van der Waals surface area contributed by atoms with Crippen LogP contribution in [0.2, 0.25) is 0 Å². The van der Waals surface area contributed by atoms with Crippen LogP contribution >= 0.6 is 35.7 Å². The lowest BCUT2D eigenvalue weighted by Gasteiger charge is -2.56. The van der Waals surface area contributed by atoms with Gasteiger partial charge in [0.1, 0.15) is 16.8 Å². The van der Waals surface area contributed by atoms with Crippen molar-refractivity contribution in [3.8, 4) is 0 Å². The Labute approximate surface area is 208 Å². The van der Waals surface area contributed by atoms with Crippen LogP contribution in [0, 0.1) is 5.41 Å². The monoisotopic (exact) mass is 545 g/mol. The molecule has 2 unspecified atom stereocenters. The van der Waals surface area contributed by atoms with Gasteiger partial charge in [0.15, 0.2) is 5.75 Å². The summed E-state index contributed by atoms with van der Waals surface area (Å²) >= 11 is 7.69. The van der Waals surface area contributed by atoms with E-state index in [1.807, 2.05) is 6.07 Å². The Morgan fingerprint density at radius 1 is 1.47 bits per heavy atom. The lowest BCUT2D eigenvalue weighted by atomic mass is 9.89. The fourth-order valence-electron chi connectivity index (χ4n) is 3.73. The SMILES string of the molecule is CC(=S)N(c1cccnc1)C1C(=O)N2CC(CSc3nnc(CS(=O)(=O)O)o3)(C(=O)O)CS[C@H]12. The number of carboxylic acid groups (broad SMARTS) is 1. The first-order chi connectivity index (χ1) is 16.0. The van der Waals surface area contributed by atoms with Gasteiger partial charge in [-0.15, -0.1) is 22.0 Å². The highest BCUT2D eigenvalue weighted by molar-refractivity contribution is 8.00. The smallest absolute Gasteiger partial charge is 0.313 e. The van der Waals surface area contributed by atoms with Crippen LogP contribution in [0.3, 0.4) is 0 Å². The molecule has 1 amide bonds. The number of carbonyl (C=O) groups is 2. The summed E-state index contributed by atoms with van der Waals surface area (Å²) in [6.07, 6.45) is 3.25.